The molecule has 0 spiro atoms. The second kappa shape index (κ2) is 8.35. The van der Waals surface area contributed by atoms with Crippen LogP contribution in [-0.2, 0) is 17.1 Å². The Hall–Kier alpha value is -2.07. The summed E-state index contributed by atoms with van der Waals surface area (Å²) in [4.78, 5) is 6.56. The Bertz CT molecular complexity index is 841. The lowest BCUT2D eigenvalue weighted by atomic mass is 9.97. The molecule has 1 aromatic heterocycles. The lowest BCUT2D eigenvalue weighted by Crippen LogP contribution is -2.29. The van der Waals surface area contributed by atoms with Crippen LogP contribution >= 0.6 is 11.6 Å². The predicted octanol–water partition coefficient (Wildman–Crippen LogP) is 5.89. The lowest BCUT2D eigenvalue weighted by Gasteiger charge is -2.31. The highest BCUT2D eigenvalue weighted by atomic mass is 35.5. The van der Waals surface area contributed by atoms with E-state index >= 15 is 0 Å². The zero-order valence-electron chi connectivity index (χ0n) is 14.8. The van der Waals surface area contributed by atoms with Crippen molar-refractivity contribution < 1.29 is 31.1 Å². The number of anilines is 1. The van der Waals surface area contributed by atoms with E-state index in [2.05, 4.69) is 15.3 Å². The second-order valence-corrected chi connectivity index (χ2v) is 6.96. The highest BCUT2D eigenvalue weighted by Crippen LogP contribution is 2.34. The molecule has 0 amide bonds. The topological polar surface area (TPSA) is 47.0 Å². The van der Waals surface area contributed by atoms with E-state index in [0.717, 1.165) is 18.6 Å². The van der Waals surface area contributed by atoms with E-state index < -0.39 is 29.8 Å². The van der Waals surface area contributed by atoms with Crippen LogP contribution in [0.3, 0.4) is 0 Å². The summed E-state index contributed by atoms with van der Waals surface area (Å²) in [6.07, 6.45) is -7.83. The number of nitrogens with zero attached hydrogens (tertiary/aromatic N) is 2. The van der Waals surface area contributed by atoms with Crippen molar-refractivity contribution in [1.82, 2.24) is 9.97 Å². The molecule has 158 valence electrons. The van der Waals surface area contributed by atoms with Gasteiger partial charge in [0.25, 0.3) is 0 Å². The minimum Gasteiger partial charge on any atom is -0.368 e. The molecule has 11 heteroatoms. The SMILES string of the molecule is FC(F)(F)c1ccc(C2CCCC(CNc3cc(Cl)nc(C(F)(F)F)n3)O2)cc1. The Balaban J connectivity index is 1.63. The fraction of sp³-hybridized carbons (Fsp3) is 0.444. The number of hydrogen-bond donors (Lipinski definition) is 1. The van der Waals surface area contributed by atoms with Gasteiger partial charge < -0.3 is 10.1 Å². The molecule has 1 aliphatic rings. The van der Waals surface area contributed by atoms with Crippen molar-refractivity contribution in [1.29, 1.82) is 0 Å². The zero-order valence-corrected chi connectivity index (χ0v) is 15.6. The Morgan fingerprint density at radius 2 is 1.69 bits per heavy atom. The molecule has 2 unspecified atom stereocenters. The van der Waals surface area contributed by atoms with Gasteiger partial charge in [-0.3, -0.25) is 0 Å². The normalized spacial score (nSPS) is 20.5. The van der Waals surface area contributed by atoms with Gasteiger partial charge in [0.05, 0.1) is 17.8 Å². The molecule has 1 aromatic carbocycles. The number of rotatable bonds is 4. The molecule has 0 bridgehead atoms. The molecule has 1 fully saturated rings. The summed E-state index contributed by atoms with van der Waals surface area (Å²) >= 11 is 5.62. The summed E-state index contributed by atoms with van der Waals surface area (Å²) in [6, 6.07) is 5.93. The first-order valence-electron chi connectivity index (χ1n) is 8.70. The molecule has 1 aliphatic heterocycles. The fourth-order valence-corrected chi connectivity index (χ4v) is 3.22. The summed E-state index contributed by atoms with van der Waals surface area (Å²) in [7, 11) is 0. The summed E-state index contributed by atoms with van der Waals surface area (Å²) in [6.45, 7) is 0.168. The van der Waals surface area contributed by atoms with Gasteiger partial charge >= 0.3 is 12.4 Å². The van der Waals surface area contributed by atoms with Gasteiger partial charge in [-0.2, -0.15) is 26.3 Å². The van der Waals surface area contributed by atoms with E-state index in [1.807, 2.05) is 0 Å². The molecule has 1 saturated heterocycles. The number of hydrogen-bond acceptors (Lipinski definition) is 4. The Morgan fingerprint density at radius 3 is 2.31 bits per heavy atom. The van der Waals surface area contributed by atoms with Gasteiger partial charge in [-0.05, 0) is 37.0 Å². The maximum Gasteiger partial charge on any atom is 0.451 e. The molecule has 29 heavy (non-hydrogen) atoms. The minimum absolute atomic E-state index is 0.0856. The van der Waals surface area contributed by atoms with Crippen LogP contribution < -0.4 is 5.32 Å². The Kier molecular flexibility index (Phi) is 6.23. The third-order valence-corrected chi connectivity index (χ3v) is 4.61. The molecule has 0 aliphatic carbocycles. The van der Waals surface area contributed by atoms with Gasteiger partial charge in [-0.15, -0.1) is 0 Å². The number of ether oxygens (including phenoxy) is 1. The first-order valence-corrected chi connectivity index (χ1v) is 9.08. The maximum absolute atomic E-state index is 12.8. The molecular weight excluding hydrogens is 424 g/mol. The quantitative estimate of drug-likeness (QED) is 0.476. The third kappa shape index (κ3) is 5.72. The number of benzene rings is 1. The van der Waals surface area contributed by atoms with Gasteiger partial charge in [0.2, 0.25) is 5.82 Å². The largest absolute Gasteiger partial charge is 0.451 e. The van der Waals surface area contributed by atoms with Gasteiger partial charge in [0, 0.05) is 12.6 Å². The summed E-state index contributed by atoms with van der Waals surface area (Å²) < 4.78 is 82.3. The summed E-state index contributed by atoms with van der Waals surface area (Å²) in [5, 5.41) is 2.41. The molecule has 1 N–H and O–H groups in total. The van der Waals surface area contributed by atoms with Crippen LogP contribution in [0.5, 0.6) is 0 Å². The highest BCUT2D eigenvalue weighted by molar-refractivity contribution is 6.29. The zero-order chi connectivity index (χ0) is 21.2. The maximum atomic E-state index is 12.8. The van der Waals surface area contributed by atoms with Gasteiger partial charge in [-0.25, -0.2) is 9.97 Å². The van der Waals surface area contributed by atoms with Crippen molar-refractivity contribution in [2.75, 3.05) is 11.9 Å². The molecule has 0 radical (unpaired) electrons. The minimum atomic E-state index is -4.73. The van der Waals surface area contributed by atoms with Crippen molar-refractivity contribution >= 4 is 17.4 Å². The van der Waals surface area contributed by atoms with E-state index in [0.29, 0.717) is 18.4 Å². The van der Waals surface area contributed by atoms with Crippen LogP contribution in [0.1, 0.15) is 42.3 Å². The van der Waals surface area contributed by atoms with Crippen molar-refractivity contribution in [2.24, 2.45) is 0 Å². The van der Waals surface area contributed by atoms with Crippen LogP contribution in [0.4, 0.5) is 32.2 Å². The molecular formula is C18H16ClF6N3O. The second-order valence-electron chi connectivity index (χ2n) is 6.58. The van der Waals surface area contributed by atoms with E-state index in [1.165, 1.54) is 18.2 Å². The first-order chi connectivity index (χ1) is 13.5. The smallest absolute Gasteiger partial charge is 0.368 e. The van der Waals surface area contributed by atoms with Crippen LogP contribution in [0.15, 0.2) is 30.3 Å². The molecule has 3 rings (SSSR count). The average molecular weight is 440 g/mol. The lowest BCUT2D eigenvalue weighted by molar-refractivity contribution is -0.144. The van der Waals surface area contributed by atoms with Crippen LogP contribution in [0, 0.1) is 0 Å². The van der Waals surface area contributed by atoms with Crippen molar-refractivity contribution in [3.05, 3.63) is 52.4 Å². The van der Waals surface area contributed by atoms with E-state index in [4.69, 9.17) is 16.3 Å². The fourth-order valence-electron chi connectivity index (χ4n) is 3.03. The monoisotopic (exact) mass is 439 g/mol. The van der Waals surface area contributed by atoms with Crippen molar-refractivity contribution in [2.45, 2.75) is 43.8 Å². The number of alkyl halides is 6. The van der Waals surface area contributed by atoms with Gasteiger partial charge in [0.1, 0.15) is 11.0 Å². The van der Waals surface area contributed by atoms with Crippen molar-refractivity contribution in [3.8, 4) is 0 Å². The number of nitrogens with one attached hydrogen (secondary N) is 1. The molecule has 0 saturated carbocycles. The number of aromatic nitrogens is 2. The molecule has 2 aromatic rings. The van der Waals surface area contributed by atoms with Crippen LogP contribution in [0.2, 0.25) is 5.15 Å². The first kappa shape index (κ1) is 21.6. The Morgan fingerprint density at radius 1 is 1.00 bits per heavy atom. The van der Waals surface area contributed by atoms with Crippen molar-refractivity contribution in [3.63, 3.8) is 0 Å². The number of halogens is 7. The Labute approximate surface area is 167 Å². The van der Waals surface area contributed by atoms with E-state index in [-0.39, 0.29) is 23.6 Å². The van der Waals surface area contributed by atoms with Gasteiger partial charge in [0.15, 0.2) is 0 Å². The van der Waals surface area contributed by atoms with E-state index in [1.54, 1.807) is 0 Å². The summed E-state index contributed by atoms with van der Waals surface area (Å²) in [5.41, 5.74) is -0.122. The standard InChI is InChI=1S/C18H16ClF6N3O/c19-14-8-15(28-16(27-14)18(23,24)25)26-9-12-2-1-3-13(29-12)10-4-6-11(7-5-10)17(20,21)22/h4-8,12-13H,1-3,9H2,(H,26,27,28). The van der Waals surface area contributed by atoms with Crippen LogP contribution in [0.25, 0.3) is 0 Å². The molecule has 2 heterocycles. The third-order valence-electron chi connectivity index (χ3n) is 4.42. The van der Waals surface area contributed by atoms with Gasteiger partial charge in [-0.1, -0.05) is 23.7 Å². The molecule has 4 nitrogen and oxygen atoms in total. The van der Waals surface area contributed by atoms with Crippen LogP contribution in [-0.4, -0.2) is 22.6 Å². The average Bonchev–Trinajstić information content (AvgIpc) is 2.65. The predicted molar refractivity (Wildman–Crippen MR) is 93.4 cm³/mol. The van der Waals surface area contributed by atoms with E-state index in [9.17, 15) is 26.3 Å². The highest BCUT2D eigenvalue weighted by Gasteiger charge is 2.35. The summed E-state index contributed by atoms with van der Waals surface area (Å²) in [5.74, 6) is -1.43. The molecule has 2 atom stereocenters.